The van der Waals surface area contributed by atoms with Crippen molar-refractivity contribution in [2.75, 3.05) is 5.32 Å². The lowest BCUT2D eigenvalue weighted by molar-refractivity contribution is 0.526. The fourth-order valence-electron chi connectivity index (χ4n) is 2.64. The van der Waals surface area contributed by atoms with E-state index in [1.807, 2.05) is 12.4 Å². The Hall–Kier alpha value is -2.29. The third kappa shape index (κ3) is 3.07. The number of hydrogen-bond acceptors (Lipinski definition) is 2. The maximum Gasteiger partial charge on any atom is 0.203 e. The van der Waals surface area contributed by atoms with Crippen molar-refractivity contribution in [3.63, 3.8) is 0 Å². The second-order valence-electron chi connectivity index (χ2n) is 5.79. The molecule has 2 aromatic carbocycles. The Kier molecular flexibility index (Phi) is 3.91. The number of imidazole rings is 1. The zero-order valence-electron chi connectivity index (χ0n) is 12.6. The van der Waals surface area contributed by atoms with E-state index in [0.717, 1.165) is 19.0 Å². The molecule has 0 aliphatic rings. The topological polar surface area (TPSA) is 29.9 Å². The van der Waals surface area contributed by atoms with Gasteiger partial charge in [-0.1, -0.05) is 56.3 Å². The third-order valence-corrected chi connectivity index (χ3v) is 3.59. The minimum absolute atomic E-state index is 0.609. The molecule has 0 atom stereocenters. The van der Waals surface area contributed by atoms with Crippen LogP contribution in [0.3, 0.4) is 0 Å². The number of anilines is 1. The summed E-state index contributed by atoms with van der Waals surface area (Å²) in [5.74, 6) is 1.55. The predicted octanol–water partition coefficient (Wildman–Crippen LogP) is 4.30. The molecule has 0 bridgehead atoms. The fourth-order valence-corrected chi connectivity index (χ4v) is 2.64. The third-order valence-electron chi connectivity index (χ3n) is 3.59. The molecule has 108 valence electrons. The van der Waals surface area contributed by atoms with E-state index < -0.39 is 0 Å². The van der Waals surface area contributed by atoms with E-state index in [0.29, 0.717) is 5.92 Å². The van der Waals surface area contributed by atoms with Crippen LogP contribution in [-0.2, 0) is 13.1 Å². The molecule has 3 aromatic rings. The molecule has 0 saturated carbocycles. The molecule has 3 heteroatoms. The van der Waals surface area contributed by atoms with Gasteiger partial charge < -0.3 is 9.88 Å². The van der Waals surface area contributed by atoms with Crippen LogP contribution in [0.1, 0.15) is 19.4 Å². The van der Waals surface area contributed by atoms with E-state index in [-0.39, 0.29) is 0 Å². The summed E-state index contributed by atoms with van der Waals surface area (Å²) in [5, 5.41) is 6.04. The van der Waals surface area contributed by atoms with Gasteiger partial charge in [0.25, 0.3) is 0 Å². The Balaban J connectivity index is 1.79. The van der Waals surface area contributed by atoms with Crippen molar-refractivity contribution in [1.82, 2.24) is 9.55 Å². The van der Waals surface area contributed by atoms with E-state index in [9.17, 15) is 0 Å². The molecule has 3 nitrogen and oxygen atoms in total. The summed E-state index contributed by atoms with van der Waals surface area (Å²) >= 11 is 0. The first-order valence-electron chi connectivity index (χ1n) is 7.45. The average molecular weight is 279 g/mol. The maximum absolute atomic E-state index is 4.42. The molecule has 0 radical (unpaired) electrons. The van der Waals surface area contributed by atoms with Crippen LogP contribution in [0.25, 0.3) is 10.8 Å². The van der Waals surface area contributed by atoms with Crippen LogP contribution in [0.15, 0.2) is 54.9 Å². The second kappa shape index (κ2) is 6.00. The highest BCUT2D eigenvalue weighted by Crippen LogP contribution is 2.19. The van der Waals surface area contributed by atoms with Crippen LogP contribution in [0.2, 0.25) is 0 Å². The van der Waals surface area contributed by atoms with Gasteiger partial charge in [0.1, 0.15) is 0 Å². The molecule has 0 amide bonds. The lowest BCUT2D eigenvalue weighted by Gasteiger charge is -2.12. The molecule has 0 saturated heterocycles. The molecule has 1 N–H and O–H groups in total. The minimum Gasteiger partial charge on any atom is -0.352 e. The number of fused-ring (bicyclic) bond motifs is 1. The number of rotatable bonds is 5. The highest BCUT2D eigenvalue weighted by molar-refractivity contribution is 5.85. The van der Waals surface area contributed by atoms with Crippen LogP contribution in [0.4, 0.5) is 5.95 Å². The van der Waals surface area contributed by atoms with Gasteiger partial charge in [0, 0.05) is 25.5 Å². The summed E-state index contributed by atoms with van der Waals surface area (Å²) in [4.78, 5) is 4.42. The summed E-state index contributed by atoms with van der Waals surface area (Å²) in [7, 11) is 0. The van der Waals surface area contributed by atoms with Crippen LogP contribution >= 0.6 is 0 Å². The van der Waals surface area contributed by atoms with Crippen molar-refractivity contribution in [2.24, 2.45) is 5.92 Å². The summed E-state index contributed by atoms with van der Waals surface area (Å²) in [6.07, 6.45) is 3.89. The standard InChI is InChI=1S/C18H21N3/c1-14(2)13-21-11-10-19-18(21)20-12-16-8-5-7-15-6-3-4-9-17(15)16/h3-11,14H,12-13H2,1-2H3,(H,19,20). The quantitative estimate of drug-likeness (QED) is 0.754. The first-order chi connectivity index (χ1) is 10.2. The number of benzene rings is 2. The molecule has 1 heterocycles. The molecule has 3 rings (SSSR count). The molecule has 1 aromatic heterocycles. The number of nitrogens with zero attached hydrogens (tertiary/aromatic N) is 2. The smallest absolute Gasteiger partial charge is 0.203 e. The van der Waals surface area contributed by atoms with Gasteiger partial charge in [-0.2, -0.15) is 0 Å². The van der Waals surface area contributed by atoms with Crippen molar-refractivity contribution in [3.8, 4) is 0 Å². The zero-order valence-corrected chi connectivity index (χ0v) is 12.6. The van der Waals surface area contributed by atoms with Crippen molar-refractivity contribution in [1.29, 1.82) is 0 Å². The summed E-state index contributed by atoms with van der Waals surface area (Å²) in [5.41, 5.74) is 1.30. The first-order valence-corrected chi connectivity index (χ1v) is 7.45. The first kappa shape index (κ1) is 13.7. The van der Waals surface area contributed by atoms with Gasteiger partial charge in [0.2, 0.25) is 5.95 Å². The number of nitrogens with one attached hydrogen (secondary N) is 1. The molecule has 21 heavy (non-hydrogen) atoms. The van der Waals surface area contributed by atoms with Gasteiger partial charge >= 0.3 is 0 Å². The SMILES string of the molecule is CC(C)Cn1ccnc1NCc1cccc2ccccc12. The monoisotopic (exact) mass is 279 g/mol. The molecular formula is C18H21N3. The molecule has 0 aliphatic heterocycles. The van der Waals surface area contributed by atoms with Gasteiger partial charge in [0.15, 0.2) is 0 Å². The summed E-state index contributed by atoms with van der Waals surface area (Å²) in [6.45, 7) is 6.21. The van der Waals surface area contributed by atoms with Gasteiger partial charge in [-0.15, -0.1) is 0 Å². The summed E-state index contributed by atoms with van der Waals surface area (Å²) in [6, 6.07) is 14.9. The van der Waals surface area contributed by atoms with Gasteiger partial charge in [-0.3, -0.25) is 0 Å². The van der Waals surface area contributed by atoms with Crippen LogP contribution in [-0.4, -0.2) is 9.55 Å². The van der Waals surface area contributed by atoms with Crippen molar-refractivity contribution in [3.05, 3.63) is 60.4 Å². The average Bonchev–Trinajstić information content (AvgIpc) is 2.91. The zero-order chi connectivity index (χ0) is 14.7. The molecule has 0 fully saturated rings. The van der Waals surface area contributed by atoms with Crippen molar-refractivity contribution >= 4 is 16.7 Å². The van der Waals surface area contributed by atoms with Gasteiger partial charge in [0.05, 0.1) is 0 Å². The van der Waals surface area contributed by atoms with Crippen LogP contribution < -0.4 is 5.32 Å². The molecule has 0 unspecified atom stereocenters. The molecular weight excluding hydrogens is 258 g/mol. The minimum atomic E-state index is 0.609. The fraction of sp³-hybridized carbons (Fsp3) is 0.278. The number of aromatic nitrogens is 2. The predicted molar refractivity (Wildman–Crippen MR) is 88.3 cm³/mol. The highest BCUT2D eigenvalue weighted by atomic mass is 15.2. The Morgan fingerprint density at radius 3 is 2.76 bits per heavy atom. The second-order valence-corrected chi connectivity index (χ2v) is 5.79. The lowest BCUT2D eigenvalue weighted by atomic mass is 10.0. The molecule has 0 aliphatic carbocycles. The highest BCUT2D eigenvalue weighted by Gasteiger charge is 2.05. The van der Waals surface area contributed by atoms with E-state index in [4.69, 9.17) is 0 Å². The van der Waals surface area contributed by atoms with Crippen molar-refractivity contribution < 1.29 is 0 Å². The van der Waals surface area contributed by atoms with E-state index >= 15 is 0 Å². The van der Waals surface area contributed by atoms with Crippen LogP contribution in [0.5, 0.6) is 0 Å². The number of hydrogen-bond donors (Lipinski definition) is 1. The van der Waals surface area contributed by atoms with Gasteiger partial charge in [-0.25, -0.2) is 4.98 Å². The maximum atomic E-state index is 4.42. The normalized spacial score (nSPS) is 11.2. The van der Waals surface area contributed by atoms with E-state index in [2.05, 4.69) is 71.2 Å². The van der Waals surface area contributed by atoms with E-state index in [1.165, 1.54) is 16.3 Å². The lowest BCUT2D eigenvalue weighted by Crippen LogP contribution is -2.10. The Labute approximate surface area is 125 Å². The molecule has 0 spiro atoms. The van der Waals surface area contributed by atoms with Gasteiger partial charge in [-0.05, 0) is 22.3 Å². The largest absolute Gasteiger partial charge is 0.352 e. The summed E-state index contributed by atoms with van der Waals surface area (Å²) < 4.78 is 2.18. The van der Waals surface area contributed by atoms with E-state index in [1.54, 1.807) is 0 Å². The Morgan fingerprint density at radius 2 is 1.90 bits per heavy atom. The van der Waals surface area contributed by atoms with Crippen molar-refractivity contribution in [2.45, 2.75) is 26.9 Å². The Bertz CT molecular complexity index is 723. The Morgan fingerprint density at radius 1 is 1.10 bits per heavy atom. The van der Waals surface area contributed by atoms with Crippen LogP contribution in [0, 0.1) is 5.92 Å².